The van der Waals surface area contributed by atoms with Crippen LogP contribution in [0.5, 0.6) is 0 Å². The van der Waals surface area contributed by atoms with E-state index in [9.17, 15) is 8.42 Å². The average Bonchev–Trinajstić information content (AvgIpc) is 3.00. The summed E-state index contributed by atoms with van der Waals surface area (Å²) in [5.41, 5.74) is 5.50. The van der Waals surface area contributed by atoms with Crippen LogP contribution in [0, 0.1) is 5.92 Å². The predicted molar refractivity (Wildman–Crippen MR) is 73.8 cm³/mol. The zero-order valence-electron chi connectivity index (χ0n) is 10.5. The fourth-order valence-electron chi connectivity index (χ4n) is 2.49. The molecule has 5 nitrogen and oxygen atoms in total. The summed E-state index contributed by atoms with van der Waals surface area (Å²) in [7, 11) is -3.49. The molecule has 18 heavy (non-hydrogen) atoms. The largest absolute Gasteiger partial charge is 0.392 e. The zero-order chi connectivity index (χ0) is 13.3. The van der Waals surface area contributed by atoms with Gasteiger partial charge in [-0.2, -0.15) is 0 Å². The summed E-state index contributed by atoms with van der Waals surface area (Å²) in [4.78, 5) is 0.0342. The van der Waals surface area contributed by atoms with Gasteiger partial charge in [0.2, 0.25) is 10.0 Å². The molecule has 104 valence electrons. The summed E-state index contributed by atoms with van der Waals surface area (Å²) in [5, 5.41) is -0.784. The van der Waals surface area contributed by atoms with Crippen LogP contribution in [-0.2, 0) is 14.8 Å². The first-order valence-corrected chi connectivity index (χ1v) is 8.33. The molecule has 0 amide bonds. The second-order valence-electron chi connectivity index (χ2n) is 5.03. The van der Waals surface area contributed by atoms with Crippen molar-refractivity contribution < 1.29 is 13.2 Å². The quantitative estimate of drug-likeness (QED) is 0.698. The lowest BCUT2D eigenvalue weighted by Gasteiger charge is -2.22. The lowest BCUT2D eigenvalue weighted by atomic mass is 10.1. The Morgan fingerprint density at radius 2 is 2.17 bits per heavy atom. The Balaban J connectivity index is 2.04. The average molecular weight is 292 g/mol. The molecular weight excluding hydrogens is 272 g/mol. The van der Waals surface area contributed by atoms with E-state index in [1.165, 1.54) is 0 Å². The molecule has 2 fully saturated rings. The maximum atomic E-state index is 12.2. The van der Waals surface area contributed by atoms with Gasteiger partial charge in [-0.05, 0) is 31.6 Å². The molecule has 3 unspecified atom stereocenters. The summed E-state index contributed by atoms with van der Waals surface area (Å²) >= 11 is 4.83. The third kappa shape index (κ3) is 3.01. The van der Waals surface area contributed by atoms with Crippen molar-refractivity contribution >= 4 is 27.2 Å². The maximum Gasteiger partial charge on any atom is 0.221 e. The minimum absolute atomic E-state index is 0.0311. The van der Waals surface area contributed by atoms with Gasteiger partial charge in [-0.25, -0.2) is 13.1 Å². The highest BCUT2D eigenvalue weighted by molar-refractivity contribution is 7.93. The topological polar surface area (TPSA) is 81.4 Å². The fourth-order valence-corrected chi connectivity index (χ4v) is 4.62. The highest BCUT2D eigenvalue weighted by atomic mass is 32.2. The van der Waals surface area contributed by atoms with Gasteiger partial charge in [0, 0.05) is 6.61 Å². The monoisotopic (exact) mass is 292 g/mol. The summed E-state index contributed by atoms with van der Waals surface area (Å²) in [6, 6.07) is -0.120. The molecule has 1 aliphatic heterocycles. The Hall–Kier alpha value is -0.240. The van der Waals surface area contributed by atoms with Crippen LogP contribution in [-0.4, -0.2) is 37.4 Å². The normalized spacial score (nSPS) is 30.3. The Labute approximate surface area is 113 Å². The standard InChI is InChI=1S/C11H20N2O3S2/c1-2-9(11(12)17)18(14,15)13-8-5-6-16-10(8)7-3-4-7/h7-10,13H,2-6H2,1H3,(H2,12,17). The first kappa shape index (κ1) is 14.2. The van der Waals surface area contributed by atoms with Crippen molar-refractivity contribution in [3.63, 3.8) is 0 Å². The molecule has 0 bridgehead atoms. The number of sulfonamides is 1. The second kappa shape index (κ2) is 5.40. The Kier molecular flexibility index (Phi) is 4.25. The van der Waals surface area contributed by atoms with E-state index in [-0.39, 0.29) is 17.1 Å². The summed E-state index contributed by atoms with van der Waals surface area (Å²) in [5.74, 6) is 0.519. The van der Waals surface area contributed by atoms with Crippen LogP contribution in [0.2, 0.25) is 0 Å². The summed E-state index contributed by atoms with van der Waals surface area (Å²) in [6.07, 6.45) is 3.43. The van der Waals surface area contributed by atoms with Crippen LogP contribution < -0.4 is 10.5 Å². The zero-order valence-corrected chi connectivity index (χ0v) is 12.1. The Morgan fingerprint density at radius 3 is 2.67 bits per heavy atom. The molecule has 3 atom stereocenters. The maximum absolute atomic E-state index is 12.2. The lowest BCUT2D eigenvalue weighted by molar-refractivity contribution is 0.0848. The van der Waals surface area contributed by atoms with Crippen LogP contribution in [0.4, 0.5) is 0 Å². The summed E-state index contributed by atoms with van der Waals surface area (Å²) < 4.78 is 32.8. The van der Waals surface area contributed by atoms with Crippen molar-refractivity contribution in [3.8, 4) is 0 Å². The third-order valence-corrected chi connectivity index (χ3v) is 6.00. The van der Waals surface area contributed by atoms with Gasteiger partial charge in [0.25, 0.3) is 0 Å². The minimum Gasteiger partial charge on any atom is -0.392 e. The smallest absolute Gasteiger partial charge is 0.221 e. The molecule has 0 aromatic carbocycles. The van der Waals surface area contributed by atoms with Crippen molar-refractivity contribution in [1.82, 2.24) is 4.72 Å². The Bertz CT molecular complexity index is 420. The van der Waals surface area contributed by atoms with E-state index in [0.717, 1.165) is 19.3 Å². The molecule has 0 spiro atoms. The van der Waals surface area contributed by atoms with Gasteiger partial charge in [-0.1, -0.05) is 19.1 Å². The molecule has 3 N–H and O–H groups in total. The predicted octanol–water partition coefficient (Wildman–Crippen LogP) is 0.538. The van der Waals surface area contributed by atoms with Crippen LogP contribution in [0.25, 0.3) is 0 Å². The van der Waals surface area contributed by atoms with Gasteiger partial charge < -0.3 is 10.5 Å². The molecule has 0 radical (unpaired) electrons. The van der Waals surface area contributed by atoms with Crippen molar-refractivity contribution in [2.45, 2.75) is 50.0 Å². The lowest BCUT2D eigenvalue weighted by Crippen LogP contribution is -2.48. The molecular formula is C11H20N2O3S2. The molecule has 0 aromatic rings. The van der Waals surface area contributed by atoms with E-state index in [0.29, 0.717) is 18.9 Å². The van der Waals surface area contributed by atoms with Crippen molar-refractivity contribution in [2.24, 2.45) is 11.7 Å². The number of hydrogen-bond acceptors (Lipinski definition) is 4. The van der Waals surface area contributed by atoms with Crippen LogP contribution >= 0.6 is 12.2 Å². The highest BCUT2D eigenvalue weighted by Gasteiger charge is 2.43. The van der Waals surface area contributed by atoms with Gasteiger partial charge in [0.05, 0.1) is 17.1 Å². The number of thiocarbonyl (C=S) groups is 1. The third-order valence-electron chi connectivity index (χ3n) is 3.60. The van der Waals surface area contributed by atoms with Crippen molar-refractivity contribution in [2.75, 3.05) is 6.61 Å². The number of hydrogen-bond donors (Lipinski definition) is 2. The molecule has 2 aliphatic rings. The highest BCUT2D eigenvalue weighted by Crippen LogP contribution is 2.39. The molecule has 1 heterocycles. The van der Waals surface area contributed by atoms with Gasteiger partial charge >= 0.3 is 0 Å². The van der Waals surface area contributed by atoms with E-state index < -0.39 is 15.3 Å². The first-order chi connectivity index (χ1) is 8.45. The van der Waals surface area contributed by atoms with Crippen LogP contribution in [0.15, 0.2) is 0 Å². The van der Waals surface area contributed by atoms with E-state index in [1.54, 1.807) is 6.92 Å². The molecule has 0 aromatic heterocycles. The second-order valence-corrected chi connectivity index (χ2v) is 7.40. The SMILES string of the molecule is CCC(C(N)=S)S(=O)(=O)NC1CCOC1C1CC1. The minimum atomic E-state index is -3.49. The van der Waals surface area contributed by atoms with E-state index >= 15 is 0 Å². The number of ether oxygens (including phenoxy) is 1. The number of nitrogens with one attached hydrogen (secondary N) is 1. The van der Waals surface area contributed by atoms with Gasteiger partial charge in [0.15, 0.2) is 0 Å². The molecule has 1 aliphatic carbocycles. The first-order valence-electron chi connectivity index (χ1n) is 6.37. The Morgan fingerprint density at radius 1 is 1.50 bits per heavy atom. The van der Waals surface area contributed by atoms with Crippen LogP contribution in [0.1, 0.15) is 32.6 Å². The van der Waals surface area contributed by atoms with Gasteiger partial charge in [0.1, 0.15) is 5.25 Å². The number of rotatable bonds is 6. The van der Waals surface area contributed by atoms with Crippen molar-refractivity contribution in [1.29, 1.82) is 0 Å². The van der Waals surface area contributed by atoms with Crippen LogP contribution in [0.3, 0.4) is 0 Å². The molecule has 1 saturated heterocycles. The van der Waals surface area contributed by atoms with Crippen molar-refractivity contribution in [3.05, 3.63) is 0 Å². The van der Waals surface area contributed by atoms with E-state index in [1.807, 2.05) is 0 Å². The van der Waals surface area contributed by atoms with E-state index in [4.69, 9.17) is 22.7 Å². The molecule has 2 rings (SSSR count). The number of nitrogens with two attached hydrogens (primary N) is 1. The summed E-state index contributed by atoms with van der Waals surface area (Å²) in [6.45, 7) is 2.39. The molecule has 7 heteroatoms. The van der Waals surface area contributed by atoms with E-state index in [2.05, 4.69) is 4.72 Å². The molecule has 1 saturated carbocycles. The van der Waals surface area contributed by atoms with Gasteiger partial charge in [-0.15, -0.1) is 0 Å². The fraction of sp³-hybridized carbons (Fsp3) is 0.909. The van der Waals surface area contributed by atoms with Gasteiger partial charge in [-0.3, -0.25) is 0 Å².